The number of anilines is 1. The molecule has 11 heteroatoms. The Morgan fingerprint density at radius 1 is 1.12 bits per heavy atom. The Morgan fingerprint density at radius 2 is 1.96 bits per heavy atom. The van der Waals surface area contributed by atoms with Crippen molar-refractivity contribution in [2.45, 2.75) is 101 Å². The van der Waals surface area contributed by atoms with Crippen LogP contribution >= 0.6 is 11.6 Å². The lowest BCUT2D eigenvalue weighted by molar-refractivity contribution is -0.144. The minimum Gasteiger partial charge on any atom is -0.493 e. The van der Waals surface area contributed by atoms with Crippen molar-refractivity contribution in [2.75, 3.05) is 25.1 Å². The molecule has 0 unspecified atom stereocenters. The molecule has 2 aromatic carbocycles. The molecule has 0 bridgehead atoms. The van der Waals surface area contributed by atoms with Crippen LogP contribution < -0.4 is 30.4 Å². The molecule has 1 spiro atoms. The van der Waals surface area contributed by atoms with Gasteiger partial charge in [0.15, 0.2) is 11.5 Å². The molecule has 1 fully saturated rings. The minimum absolute atomic E-state index is 0.0356. The van der Waals surface area contributed by atoms with E-state index in [9.17, 15) is 14.7 Å². The lowest BCUT2D eigenvalue weighted by Crippen LogP contribution is -2.53. The summed E-state index contributed by atoms with van der Waals surface area (Å²) in [6.45, 7) is 6.79. The third-order valence-corrected chi connectivity index (χ3v) is 13.2. The molecule has 3 N–H and O–H groups in total. The number of aromatic nitrogens is 2. The Balaban J connectivity index is 1.02. The van der Waals surface area contributed by atoms with E-state index in [-0.39, 0.29) is 23.0 Å². The van der Waals surface area contributed by atoms with Gasteiger partial charge in [-0.15, -0.1) is 0 Å². The number of nitrogens with one attached hydrogen (secondary N) is 2. The molecule has 8 rings (SSSR count). The Morgan fingerprint density at radius 3 is 2.75 bits per heavy atom. The van der Waals surface area contributed by atoms with Crippen LogP contribution in [-0.4, -0.2) is 52.0 Å². The average Bonchev–Trinajstić information content (AvgIpc) is 3.45. The van der Waals surface area contributed by atoms with Crippen molar-refractivity contribution in [3.05, 3.63) is 110 Å². The lowest BCUT2D eigenvalue weighted by atomic mass is 9.59. The molecule has 4 aliphatic rings. The van der Waals surface area contributed by atoms with Gasteiger partial charge in [-0.25, -0.2) is 4.79 Å². The van der Waals surface area contributed by atoms with Crippen molar-refractivity contribution >= 4 is 23.3 Å². The second kappa shape index (κ2) is 15.8. The highest BCUT2D eigenvalue weighted by Crippen LogP contribution is 2.58. The Labute approximate surface area is 333 Å². The van der Waals surface area contributed by atoms with Gasteiger partial charge in [-0.1, -0.05) is 37.6 Å². The first-order valence-corrected chi connectivity index (χ1v) is 20.6. The molecule has 56 heavy (non-hydrogen) atoms. The summed E-state index contributed by atoms with van der Waals surface area (Å²) in [5.41, 5.74) is 5.33. The third kappa shape index (κ3) is 7.62. The molecule has 3 heterocycles. The van der Waals surface area contributed by atoms with E-state index in [0.29, 0.717) is 61.7 Å². The number of halogens is 1. The third-order valence-electron chi connectivity index (χ3n) is 12.9. The molecule has 2 aromatic heterocycles. The molecule has 1 aliphatic heterocycles. The molecule has 0 saturated heterocycles. The molecule has 1 saturated carbocycles. The average molecular weight is 781 g/mol. The summed E-state index contributed by atoms with van der Waals surface area (Å²) >= 11 is 6.31. The topological polar surface area (TPSA) is 124 Å². The minimum atomic E-state index is -1.11. The molecular formula is C45H53ClN4O6. The largest absolute Gasteiger partial charge is 0.493 e. The Bertz CT molecular complexity index is 2150. The fourth-order valence-electron chi connectivity index (χ4n) is 9.95. The number of carbonyl (C=O) groups is 1. The van der Waals surface area contributed by atoms with Crippen LogP contribution in [0.5, 0.6) is 17.2 Å². The van der Waals surface area contributed by atoms with E-state index in [1.54, 1.807) is 29.8 Å². The summed E-state index contributed by atoms with van der Waals surface area (Å²) in [6.07, 6.45) is 11.1. The lowest BCUT2D eigenvalue weighted by Gasteiger charge is -2.47. The van der Waals surface area contributed by atoms with Gasteiger partial charge in [0.25, 0.3) is 0 Å². The number of rotatable bonds is 12. The molecule has 0 amide bonds. The van der Waals surface area contributed by atoms with E-state index in [1.807, 2.05) is 36.7 Å². The number of hydrogen-bond acceptors (Lipinski definition) is 8. The summed E-state index contributed by atoms with van der Waals surface area (Å²) in [5.74, 6) is 2.64. The van der Waals surface area contributed by atoms with E-state index >= 15 is 0 Å². The predicted octanol–water partition coefficient (Wildman–Crippen LogP) is 7.83. The van der Waals surface area contributed by atoms with Crippen molar-refractivity contribution in [1.29, 1.82) is 0 Å². The number of fused-ring (bicyclic) bond motifs is 4. The van der Waals surface area contributed by atoms with Crippen LogP contribution in [0.2, 0.25) is 5.02 Å². The van der Waals surface area contributed by atoms with Crippen molar-refractivity contribution in [3.63, 3.8) is 0 Å². The zero-order valence-corrected chi connectivity index (χ0v) is 33.4. The van der Waals surface area contributed by atoms with Crippen LogP contribution in [0.4, 0.5) is 5.69 Å². The van der Waals surface area contributed by atoms with Crippen LogP contribution in [0.3, 0.4) is 0 Å². The molecular weight excluding hydrogens is 728 g/mol. The van der Waals surface area contributed by atoms with E-state index in [4.69, 9.17) is 25.8 Å². The maximum atomic E-state index is 13.1. The summed E-state index contributed by atoms with van der Waals surface area (Å²) in [6, 6.07) is 17.1. The van der Waals surface area contributed by atoms with Crippen LogP contribution in [0.1, 0.15) is 92.7 Å². The van der Waals surface area contributed by atoms with E-state index < -0.39 is 11.5 Å². The van der Waals surface area contributed by atoms with E-state index in [1.165, 1.54) is 28.8 Å². The molecule has 296 valence electrons. The normalized spacial score (nSPS) is 25.6. The van der Waals surface area contributed by atoms with Gasteiger partial charge in [0.1, 0.15) is 24.0 Å². The fraction of sp³-hybridized carbons (Fsp3) is 0.489. The first-order chi connectivity index (χ1) is 27.0. The molecule has 10 nitrogen and oxygen atoms in total. The van der Waals surface area contributed by atoms with E-state index in [2.05, 4.69) is 41.6 Å². The number of benzene rings is 2. The molecule has 3 aliphatic carbocycles. The smallest absolute Gasteiger partial charge is 0.329 e. The van der Waals surface area contributed by atoms with Crippen molar-refractivity contribution < 1.29 is 24.1 Å². The summed E-state index contributed by atoms with van der Waals surface area (Å²) in [7, 11) is 1.75. The number of pyridine rings is 2. The second-order valence-corrected chi connectivity index (χ2v) is 17.3. The number of carboxylic acids is 1. The number of ether oxygens (including phenoxy) is 3. The molecule has 4 aromatic rings. The molecule has 4 atom stereocenters. The van der Waals surface area contributed by atoms with Gasteiger partial charge >= 0.3 is 5.97 Å². The highest BCUT2D eigenvalue weighted by Gasteiger charge is 2.54. The van der Waals surface area contributed by atoms with Crippen LogP contribution in [0.25, 0.3) is 0 Å². The predicted molar refractivity (Wildman–Crippen MR) is 217 cm³/mol. The van der Waals surface area contributed by atoms with Crippen LogP contribution in [0, 0.1) is 11.8 Å². The number of hydrogen-bond donors (Lipinski definition) is 3. The van der Waals surface area contributed by atoms with Gasteiger partial charge in [0.05, 0.1) is 6.61 Å². The van der Waals surface area contributed by atoms with Crippen LogP contribution in [-0.2, 0) is 36.6 Å². The zero-order valence-electron chi connectivity index (χ0n) is 32.6. The number of aryl methyl sites for hydroxylation is 2. The van der Waals surface area contributed by atoms with Crippen molar-refractivity contribution in [1.82, 2.24) is 14.9 Å². The number of aliphatic carboxylic acids is 1. The number of carboxylic acid groups (broad SMARTS) is 1. The van der Waals surface area contributed by atoms with Crippen molar-refractivity contribution in [3.8, 4) is 17.2 Å². The fourth-order valence-corrected chi connectivity index (χ4v) is 10.1. The maximum absolute atomic E-state index is 13.1. The Kier molecular flexibility index (Phi) is 10.8. The highest BCUT2D eigenvalue weighted by atomic mass is 35.5. The Hall–Kier alpha value is -4.54. The second-order valence-electron chi connectivity index (χ2n) is 16.8. The number of nitrogens with zero attached hydrogens (tertiary/aromatic N) is 2. The SMILES string of the molecule is C[C@@H](COc1ccnc2c1[C@H](C)CCC2)C[C@H]1Cc2cc3c(cc2C12CCC(Nc1cccc(Cl)c1)(C(=O)O)CC2)O[C@H](CNCc1ccc(=O)n(C)c1)CO3. The standard InChI is InChI=1S/C45H53ClN4O6/c1-28(26-54-38-12-17-48-37-9-4-6-29(2)42(37)38)18-32-19-31-20-39-40(56-35(27-55-39)24-47-23-30-10-11-41(51)50(3)25-30)22-36(31)44(32)13-15-45(16-14-44,43(52)53)49-34-8-5-7-33(46)21-34/h5,7-8,10-12,17,20-22,25,28-29,32,35,47,49H,4,6,9,13-16,18-19,23-24,26-27H2,1-3H3,(H,52,53)/t28-,29-,32+,35-,44?,45?/m1/s1. The first-order valence-electron chi connectivity index (χ1n) is 20.2. The van der Waals surface area contributed by atoms with E-state index in [0.717, 1.165) is 61.3 Å². The van der Waals surface area contributed by atoms with Gasteiger partial charge in [-0.05, 0) is 134 Å². The van der Waals surface area contributed by atoms with Gasteiger partial charge < -0.3 is 34.5 Å². The quantitative estimate of drug-likeness (QED) is 0.132. The van der Waals surface area contributed by atoms with Gasteiger partial charge in [-0.2, -0.15) is 0 Å². The van der Waals surface area contributed by atoms with Crippen molar-refractivity contribution in [2.24, 2.45) is 18.9 Å². The maximum Gasteiger partial charge on any atom is 0.329 e. The summed E-state index contributed by atoms with van der Waals surface area (Å²) < 4.78 is 21.1. The van der Waals surface area contributed by atoms with Crippen LogP contribution in [0.15, 0.2) is 71.8 Å². The zero-order chi connectivity index (χ0) is 39.0. The van der Waals surface area contributed by atoms with Gasteiger partial charge in [0, 0.05) is 60.6 Å². The first kappa shape index (κ1) is 38.3. The highest BCUT2D eigenvalue weighted by molar-refractivity contribution is 6.30. The monoisotopic (exact) mass is 780 g/mol. The summed E-state index contributed by atoms with van der Waals surface area (Å²) in [5, 5.41) is 18.2. The van der Waals surface area contributed by atoms with Gasteiger partial charge in [0.2, 0.25) is 5.56 Å². The van der Waals surface area contributed by atoms with Gasteiger partial charge in [-0.3, -0.25) is 9.78 Å². The summed E-state index contributed by atoms with van der Waals surface area (Å²) in [4.78, 5) is 29.6. The molecule has 0 radical (unpaired) electrons.